The van der Waals surface area contributed by atoms with E-state index in [0.29, 0.717) is 51.4 Å². The van der Waals surface area contributed by atoms with Gasteiger partial charge in [0.05, 0.1) is 22.8 Å². The molecule has 0 saturated heterocycles. The number of halogens is 6. The summed E-state index contributed by atoms with van der Waals surface area (Å²) in [7, 11) is 0. The molecule has 0 aliphatic heterocycles. The van der Waals surface area contributed by atoms with Crippen LogP contribution in [0.5, 0.6) is 0 Å². The zero-order valence-corrected chi connectivity index (χ0v) is 35.7. The highest BCUT2D eigenvalue weighted by atomic mass is 32.2. The second-order valence-corrected chi connectivity index (χ2v) is 16.8. The highest BCUT2D eigenvalue weighted by molar-refractivity contribution is 7.99. The van der Waals surface area contributed by atoms with Gasteiger partial charge in [-0.05, 0) is 78.3 Å². The lowest BCUT2D eigenvalue weighted by molar-refractivity contribution is -0.138. The van der Waals surface area contributed by atoms with Gasteiger partial charge in [-0.25, -0.2) is 9.97 Å². The topological polar surface area (TPSA) is 246 Å². The summed E-state index contributed by atoms with van der Waals surface area (Å²) in [5, 5.41) is 14.6. The maximum Gasteiger partial charge on any atom is 0.416 e. The number of thioether (sulfide) groups is 2. The Bertz CT molecular complexity index is 1940. The van der Waals surface area contributed by atoms with E-state index in [1.807, 2.05) is 0 Å². The fraction of sp³-hybridized carbons (Fsp3) is 0.476. The Morgan fingerprint density at radius 2 is 0.871 bits per heavy atom. The van der Waals surface area contributed by atoms with Gasteiger partial charge in [-0.15, -0.1) is 23.5 Å². The third-order valence-electron chi connectivity index (χ3n) is 9.39. The van der Waals surface area contributed by atoms with E-state index >= 15 is 0 Å². The van der Waals surface area contributed by atoms with E-state index in [1.165, 1.54) is 0 Å². The third-order valence-corrected chi connectivity index (χ3v) is 11.9. The minimum Gasteiger partial charge on any atom is -0.388 e. The SMILES string of the molecule is N=C(N)CCCCCC(=O)Cc1cc(C(F)(F)F)cc(CC(=O)c2cc(C(=O)Cc3cc(C(F)(F)F)cc(CC(=O)CCCCCC(=N)N)c3SCCN)ncn2)c1SCCN. The molecule has 0 atom stereocenters. The van der Waals surface area contributed by atoms with Crippen LogP contribution in [0.4, 0.5) is 26.3 Å². The lowest BCUT2D eigenvalue weighted by atomic mass is 9.95. The van der Waals surface area contributed by atoms with E-state index < -0.39 is 47.9 Å². The van der Waals surface area contributed by atoms with Gasteiger partial charge in [-0.3, -0.25) is 30.0 Å². The van der Waals surface area contributed by atoms with Crippen LogP contribution in [0.3, 0.4) is 0 Å². The van der Waals surface area contributed by atoms with Crippen LogP contribution >= 0.6 is 23.5 Å². The largest absolute Gasteiger partial charge is 0.416 e. The van der Waals surface area contributed by atoms with Crippen molar-refractivity contribution in [2.24, 2.45) is 22.9 Å². The summed E-state index contributed by atoms with van der Waals surface area (Å²) in [6, 6.07) is 4.44. The van der Waals surface area contributed by atoms with Crippen molar-refractivity contribution in [3.8, 4) is 0 Å². The molecule has 0 spiro atoms. The molecule has 0 bridgehead atoms. The number of hydrogen-bond acceptors (Lipinski definition) is 12. The van der Waals surface area contributed by atoms with Gasteiger partial charge in [0.1, 0.15) is 29.3 Å². The van der Waals surface area contributed by atoms with Crippen LogP contribution in [-0.2, 0) is 47.6 Å². The summed E-state index contributed by atoms with van der Waals surface area (Å²) in [6.07, 6.45) is -6.53. The maximum atomic E-state index is 14.2. The molecule has 0 unspecified atom stereocenters. The van der Waals surface area contributed by atoms with E-state index in [-0.39, 0.29) is 117 Å². The Morgan fingerprint density at radius 3 is 1.19 bits per heavy atom. The quantitative estimate of drug-likeness (QED) is 0.0104. The fourth-order valence-corrected chi connectivity index (χ4v) is 8.38. The van der Waals surface area contributed by atoms with E-state index in [2.05, 4.69) is 9.97 Å². The number of ketones is 4. The van der Waals surface area contributed by atoms with Crippen LogP contribution in [-0.4, -0.2) is 69.4 Å². The number of nitrogens with two attached hydrogens (primary N) is 4. The average Bonchev–Trinajstić information content (AvgIpc) is 3.18. The van der Waals surface area contributed by atoms with Gasteiger partial charge in [-0.2, -0.15) is 26.3 Å². The molecule has 1 aromatic heterocycles. The second-order valence-electron chi connectivity index (χ2n) is 14.6. The molecule has 62 heavy (non-hydrogen) atoms. The van der Waals surface area contributed by atoms with Gasteiger partial charge in [0.25, 0.3) is 0 Å². The first-order valence-corrected chi connectivity index (χ1v) is 21.9. The number of carbonyl (C=O) groups excluding carboxylic acids is 4. The number of amidine groups is 2. The van der Waals surface area contributed by atoms with Crippen molar-refractivity contribution in [3.05, 3.63) is 81.4 Å². The summed E-state index contributed by atoms with van der Waals surface area (Å²) in [4.78, 5) is 61.9. The zero-order valence-electron chi connectivity index (χ0n) is 34.1. The van der Waals surface area contributed by atoms with Crippen molar-refractivity contribution in [1.82, 2.24) is 9.97 Å². The van der Waals surface area contributed by atoms with E-state index in [0.717, 1.165) is 60.2 Å². The molecular formula is C42H52F6N8O4S2. The number of alkyl halides is 6. The van der Waals surface area contributed by atoms with Crippen LogP contribution in [0.15, 0.2) is 46.5 Å². The van der Waals surface area contributed by atoms with Crippen LogP contribution in [0.1, 0.15) is 119 Å². The molecular weight excluding hydrogens is 859 g/mol. The van der Waals surface area contributed by atoms with Crippen molar-refractivity contribution in [1.29, 1.82) is 10.8 Å². The van der Waals surface area contributed by atoms with Gasteiger partial charge in [0, 0.05) is 85.8 Å². The number of hydrogen-bond donors (Lipinski definition) is 6. The second kappa shape index (κ2) is 24.8. The van der Waals surface area contributed by atoms with Gasteiger partial charge >= 0.3 is 12.4 Å². The number of aromatic nitrogens is 2. The van der Waals surface area contributed by atoms with E-state index in [9.17, 15) is 45.5 Å². The standard InChI is InChI=1S/C42H52F6N8O4S2/c43-41(44,45)29-15-25(19-31(57)7-3-1-5-9-37(51)52)39(61-13-11-49)27(17-29)21-35(59)33-23-34(56-24-55-33)36(60)22-28-18-30(42(46,47)48)16-26(40(28)62-14-12-50)20-32(58)8-4-2-6-10-38(53)54/h15-18,23-24H,1-14,19-22,49-50H2,(H3,51,52)(H3,53,54). The van der Waals surface area contributed by atoms with Gasteiger partial charge in [0.15, 0.2) is 11.6 Å². The molecule has 0 aliphatic rings. The Balaban J connectivity index is 1.94. The number of benzene rings is 2. The monoisotopic (exact) mass is 910 g/mol. The summed E-state index contributed by atoms with van der Waals surface area (Å²) in [5.41, 5.74) is 19.4. The first-order chi connectivity index (χ1) is 29.2. The summed E-state index contributed by atoms with van der Waals surface area (Å²) in [6.45, 7) is 0.276. The predicted molar refractivity (Wildman–Crippen MR) is 228 cm³/mol. The number of rotatable bonds is 28. The van der Waals surface area contributed by atoms with Crippen molar-refractivity contribution < 1.29 is 45.5 Å². The van der Waals surface area contributed by atoms with Crippen LogP contribution < -0.4 is 22.9 Å². The Labute approximate surface area is 364 Å². The smallest absolute Gasteiger partial charge is 0.388 e. The molecule has 3 rings (SSSR count). The van der Waals surface area contributed by atoms with Gasteiger partial charge < -0.3 is 22.9 Å². The molecule has 0 amide bonds. The van der Waals surface area contributed by atoms with Crippen molar-refractivity contribution in [3.63, 3.8) is 0 Å². The molecule has 338 valence electrons. The summed E-state index contributed by atoms with van der Waals surface area (Å²) >= 11 is 2.19. The minimum atomic E-state index is -4.83. The van der Waals surface area contributed by atoms with Crippen molar-refractivity contribution >= 4 is 58.3 Å². The minimum absolute atomic E-state index is 0.0152. The molecule has 0 fully saturated rings. The van der Waals surface area contributed by atoms with E-state index in [4.69, 9.17) is 33.8 Å². The molecule has 12 nitrogen and oxygen atoms in total. The predicted octanol–water partition coefficient (Wildman–Crippen LogP) is 7.46. The normalized spacial score (nSPS) is 11.7. The maximum absolute atomic E-state index is 14.2. The number of nitrogens with zero attached hydrogens (tertiary/aromatic N) is 2. The van der Waals surface area contributed by atoms with Gasteiger partial charge in [-0.1, -0.05) is 12.8 Å². The summed E-state index contributed by atoms with van der Waals surface area (Å²) < 4.78 is 85.2. The van der Waals surface area contributed by atoms with Crippen molar-refractivity contribution in [2.45, 2.75) is 112 Å². The number of unbranched alkanes of at least 4 members (excludes halogenated alkanes) is 4. The molecule has 0 radical (unpaired) electrons. The molecule has 0 saturated carbocycles. The molecule has 0 aliphatic carbocycles. The van der Waals surface area contributed by atoms with Crippen molar-refractivity contribution in [2.75, 3.05) is 24.6 Å². The number of carbonyl (C=O) groups is 4. The van der Waals surface area contributed by atoms with Crippen LogP contribution in [0, 0.1) is 10.8 Å². The average molecular weight is 911 g/mol. The molecule has 20 heteroatoms. The lowest BCUT2D eigenvalue weighted by Crippen LogP contribution is -2.16. The number of nitrogens with one attached hydrogen (secondary N) is 2. The Kier molecular flexibility index (Phi) is 20.7. The molecule has 1 heterocycles. The van der Waals surface area contributed by atoms with Crippen LogP contribution in [0.25, 0.3) is 0 Å². The first-order valence-electron chi connectivity index (χ1n) is 19.9. The fourth-order valence-electron chi connectivity index (χ4n) is 6.47. The van der Waals surface area contributed by atoms with Crippen LogP contribution in [0.2, 0.25) is 0 Å². The zero-order chi connectivity index (χ0) is 46.0. The summed E-state index contributed by atoms with van der Waals surface area (Å²) in [5.74, 6) is -1.69. The molecule has 3 aromatic rings. The molecule has 10 N–H and O–H groups in total. The van der Waals surface area contributed by atoms with Gasteiger partial charge in [0.2, 0.25) is 0 Å². The Morgan fingerprint density at radius 1 is 0.532 bits per heavy atom. The highest BCUT2D eigenvalue weighted by Crippen LogP contribution is 2.38. The Hall–Kier alpha value is -4.66. The molecule has 2 aromatic carbocycles. The highest BCUT2D eigenvalue weighted by Gasteiger charge is 2.34. The lowest BCUT2D eigenvalue weighted by Gasteiger charge is -2.18. The first kappa shape index (κ1) is 51.7. The third kappa shape index (κ3) is 17.2. The number of Topliss-reactive ketones (excluding diaryl/α,β-unsaturated/α-hetero) is 4. The van der Waals surface area contributed by atoms with E-state index in [1.54, 1.807) is 0 Å².